The molecule has 16 heavy (non-hydrogen) atoms. The number of anilines is 1. The highest BCUT2D eigenvalue weighted by Gasteiger charge is 2.21. The molecule has 1 aromatic rings. The molecule has 0 aliphatic carbocycles. The second kappa shape index (κ2) is 4.43. The van der Waals surface area contributed by atoms with Crippen LogP contribution in [0.3, 0.4) is 0 Å². The smallest absolute Gasteiger partial charge is 0.216 e. The number of carbonyl (C=O) groups excluding carboxylic acids is 1. The summed E-state index contributed by atoms with van der Waals surface area (Å²) in [6.07, 6.45) is 0.892. The predicted molar refractivity (Wildman–Crippen MR) is 62.6 cm³/mol. The van der Waals surface area contributed by atoms with Gasteiger partial charge in [0.1, 0.15) is 5.75 Å². The lowest BCUT2D eigenvalue weighted by molar-refractivity contribution is -0.118. The van der Waals surface area contributed by atoms with Crippen molar-refractivity contribution in [3.8, 4) is 5.75 Å². The molecule has 1 aliphatic rings. The zero-order valence-corrected chi connectivity index (χ0v) is 9.29. The van der Waals surface area contributed by atoms with Crippen molar-refractivity contribution in [1.29, 1.82) is 0 Å². The summed E-state index contributed by atoms with van der Waals surface area (Å²) in [5.74, 6) is 0.669. The van der Waals surface area contributed by atoms with Gasteiger partial charge in [-0.1, -0.05) is 0 Å². The molecule has 0 saturated heterocycles. The Morgan fingerprint density at radius 3 is 3.19 bits per heavy atom. The molecule has 0 bridgehead atoms. The lowest BCUT2D eigenvalue weighted by Gasteiger charge is -2.10. The molecular weight excluding hydrogens is 204 g/mol. The van der Waals surface area contributed by atoms with Gasteiger partial charge >= 0.3 is 0 Å². The van der Waals surface area contributed by atoms with Crippen molar-refractivity contribution in [1.82, 2.24) is 5.32 Å². The molecule has 1 aromatic carbocycles. The van der Waals surface area contributed by atoms with Gasteiger partial charge in [0, 0.05) is 31.6 Å². The zero-order valence-electron chi connectivity index (χ0n) is 9.29. The Kier molecular flexibility index (Phi) is 2.99. The van der Waals surface area contributed by atoms with Crippen LogP contribution >= 0.6 is 0 Å². The molecule has 0 saturated carbocycles. The Labute approximate surface area is 94.7 Å². The Hall–Kier alpha value is -1.71. The normalized spacial score (nSPS) is 17.7. The van der Waals surface area contributed by atoms with Crippen molar-refractivity contribution >= 4 is 11.6 Å². The van der Waals surface area contributed by atoms with E-state index in [1.54, 1.807) is 12.1 Å². The highest BCUT2D eigenvalue weighted by atomic mass is 16.3. The first-order valence-corrected chi connectivity index (χ1v) is 5.48. The average Bonchev–Trinajstić information content (AvgIpc) is 2.60. The topological polar surface area (TPSA) is 61.4 Å². The molecule has 2 rings (SSSR count). The van der Waals surface area contributed by atoms with Crippen molar-refractivity contribution in [3.05, 3.63) is 23.8 Å². The number of hydrogen-bond donors (Lipinski definition) is 3. The first-order valence-electron chi connectivity index (χ1n) is 5.48. The van der Waals surface area contributed by atoms with Crippen LogP contribution in [0.1, 0.15) is 24.8 Å². The van der Waals surface area contributed by atoms with E-state index in [-0.39, 0.29) is 5.91 Å². The fourth-order valence-electron chi connectivity index (χ4n) is 2.07. The van der Waals surface area contributed by atoms with E-state index in [2.05, 4.69) is 10.6 Å². The van der Waals surface area contributed by atoms with Gasteiger partial charge in [-0.25, -0.2) is 0 Å². The van der Waals surface area contributed by atoms with Crippen LogP contribution in [0, 0.1) is 0 Å². The van der Waals surface area contributed by atoms with E-state index in [1.165, 1.54) is 6.92 Å². The van der Waals surface area contributed by atoms with E-state index in [9.17, 15) is 9.90 Å². The minimum Gasteiger partial charge on any atom is -0.508 e. The number of phenols is 1. The number of hydrogen-bond acceptors (Lipinski definition) is 3. The van der Waals surface area contributed by atoms with Crippen LogP contribution in [-0.2, 0) is 4.79 Å². The summed E-state index contributed by atoms with van der Waals surface area (Å²) in [5, 5.41) is 15.5. The number of aromatic hydroxyl groups is 1. The molecule has 0 fully saturated rings. The van der Waals surface area contributed by atoms with Crippen LogP contribution in [0.4, 0.5) is 5.69 Å². The minimum atomic E-state index is 0.00193. The third-order valence-electron chi connectivity index (χ3n) is 2.88. The fourth-order valence-corrected chi connectivity index (χ4v) is 2.07. The first-order chi connectivity index (χ1) is 7.66. The van der Waals surface area contributed by atoms with Gasteiger partial charge < -0.3 is 15.7 Å². The summed E-state index contributed by atoms with van der Waals surface area (Å²) in [6.45, 7) is 3.07. The highest BCUT2D eigenvalue weighted by Crippen LogP contribution is 2.35. The standard InChI is InChI=1S/C12H16N2O2/c1-8(15)13-5-4-9-7-14-12-3-2-10(16)6-11(9)12/h2-3,6,9,14,16H,4-5,7H2,1H3,(H,13,15). The number of fused-ring (bicyclic) bond motifs is 1. The van der Waals surface area contributed by atoms with Crippen molar-refractivity contribution in [3.63, 3.8) is 0 Å². The lowest BCUT2D eigenvalue weighted by Crippen LogP contribution is -2.22. The summed E-state index contributed by atoms with van der Waals surface area (Å²) in [6, 6.07) is 5.37. The number of amides is 1. The van der Waals surface area contributed by atoms with Gasteiger partial charge in [0.15, 0.2) is 0 Å². The maximum absolute atomic E-state index is 10.8. The van der Waals surface area contributed by atoms with E-state index < -0.39 is 0 Å². The van der Waals surface area contributed by atoms with Gasteiger partial charge in [-0.15, -0.1) is 0 Å². The predicted octanol–water partition coefficient (Wildman–Crippen LogP) is 1.43. The zero-order chi connectivity index (χ0) is 11.5. The summed E-state index contributed by atoms with van der Waals surface area (Å²) in [5.41, 5.74) is 2.23. The van der Waals surface area contributed by atoms with Crippen molar-refractivity contribution in [2.24, 2.45) is 0 Å². The fraction of sp³-hybridized carbons (Fsp3) is 0.417. The van der Waals surface area contributed by atoms with Crippen LogP contribution in [0.15, 0.2) is 18.2 Å². The summed E-state index contributed by atoms with van der Waals surface area (Å²) in [7, 11) is 0. The molecule has 0 aromatic heterocycles. The SMILES string of the molecule is CC(=O)NCCC1CNc2ccc(O)cc21. The van der Waals surface area contributed by atoms with Crippen LogP contribution in [-0.4, -0.2) is 24.1 Å². The van der Waals surface area contributed by atoms with E-state index in [4.69, 9.17) is 0 Å². The Bertz CT molecular complexity index is 404. The van der Waals surface area contributed by atoms with Crippen LogP contribution in [0.25, 0.3) is 0 Å². The second-order valence-electron chi connectivity index (χ2n) is 4.12. The largest absolute Gasteiger partial charge is 0.508 e. The second-order valence-corrected chi connectivity index (χ2v) is 4.12. The molecule has 1 unspecified atom stereocenters. The first kappa shape index (κ1) is 10.8. The van der Waals surface area contributed by atoms with Crippen LogP contribution in [0.2, 0.25) is 0 Å². The Morgan fingerprint density at radius 1 is 1.62 bits per heavy atom. The summed E-state index contributed by atoms with van der Waals surface area (Å²) in [4.78, 5) is 10.8. The van der Waals surface area contributed by atoms with Crippen molar-refractivity contribution in [2.45, 2.75) is 19.3 Å². The summed E-state index contributed by atoms with van der Waals surface area (Å²) >= 11 is 0. The van der Waals surface area contributed by atoms with Gasteiger partial charge in [0.2, 0.25) is 5.91 Å². The monoisotopic (exact) mass is 220 g/mol. The molecule has 1 aliphatic heterocycles. The van der Waals surface area contributed by atoms with E-state index in [0.29, 0.717) is 18.2 Å². The van der Waals surface area contributed by atoms with Crippen molar-refractivity contribution < 1.29 is 9.90 Å². The van der Waals surface area contributed by atoms with E-state index >= 15 is 0 Å². The summed E-state index contributed by atoms with van der Waals surface area (Å²) < 4.78 is 0. The van der Waals surface area contributed by atoms with E-state index in [0.717, 1.165) is 24.2 Å². The van der Waals surface area contributed by atoms with Crippen molar-refractivity contribution in [2.75, 3.05) is 18.4 Å². The van der Waals surface area contributed by atoms with Gasteiger partial charge in [-0.2, -0.15) is 0 Å². The number of nitrogens with one attached hydrogen (secondary N) is 2. The molecule has 0 radical (unpaired) electrons. The molecule has 1 heterocycles. The maximum Gasteiger partial charge on any atom is 0.216 e. The third-order valence-corrected chi connectivity index (χ3v) is 2.88. The molecule has 1 atom stereocenters. The Morgan fingerprint density at radius 2 is 2.44 bits per heavy atom. The number of benzene rings is 1. The average molecular weight is 220 g/mol. The quantitative estimate of drug-likeness (QED) is 0.675. The Balaban J connectivity index is 2.00. The molecule has 86 valence electrons. The molecule has 3 N–H and O–H groups in total. The molecule has 1 amide bonds. The number of rotatable bonds is 3. The lowest BCUT2D eigenvalue weighted by atomic mass is 9.98. The van der Waals surface area contributed by atoms with Crippen LogP contribution < -0.4 is 10.6 Å². The van der Waals surface area contributed by atoms with Gasteiger partial charge in [0.05, 0.1) is 0 Å². The van der Waals surface area contributed by atoms with Crippen LogP contribution in [0.5, 0.6) is 5.75 Å². The third kappa shape index (κ3) is 2.27. The van der Waals surface area contributed by atoms with Gasteiger partial charge in [0.25, 0.3) is 0 Å². The molecule has 4 heteroatoms. The molecule has 4 nitrogen and oxygen atoms in total. The van der Waals surface area contributed by atoms with Gasteiger partial charge in [-0.3, -0.25) is 4.79 Å². The highest BCUT2D eigenvalue weighted by molar-refractivity contribution is 5.72. The molecular formula is C12H16N2O2. The van der Waals surface area contributed by atoms with Gasteiger partial charge in [-0.05, 0) is 30.2 Å². The number of phenolic OH excluding ortho intramolecular Hbond substituents is 1. The molecule has 0 spiro atoms. The number of carbonyl (C=O) groups is 1. The van der Waals surface area contributed by atoms with E-state index in [1.807, 2.05) is 6.07 Å². The maximum atomic E-state index is 10.8. The minimum absolute atomic E-state index is 0.00193.